The Morgan fingerprint density at radius 3 is 2.52 bits per heavy atom. The van der Waals surface area contributed by atoms with Crippen molar-refractivity contribution in [2.75, 3.05) is 6.54 Å². The van der Waals surface area contributed by atoms with E-state index < -0.39 is 0 Å². The summed E-state index contributed by atoms with van der Waals surface area (Å²) in [7, 11) is 0. The third-order valence-corrected chi connectivity index (χ3v) is 4.65. The number of halogens is 3. The Labute approximate surface area is 155 Å². The van der Waals surface area contributed by atoms with Gasteiger partial charge in [-0.25, -0.2) is 4.39 Å². The molecule has 3 aromatic rings. The van der Waals surface area contributed by atoms with E-state index in [1.165, 1.54) is 6.07 Å². The second-order valence-electron chi connectivity index (χ2n) is 6.01. The average molecular weight is 379 g/mol. The number of carbonyl (C=O) groups is 1. The molecule has 0 aliphatic carbocycles. The van der Waals surface area contributed by atoms with Gasteiger partial charge in [-0.2, -0.15) is 0 Å². The number of amides is 1. The minimum absolute atomic E-state index is 0.246. The van der Waals surface area contributed by atoms with Crippen molar-refractivity contribution in [3.05, 3.63) is 68.6 Å². The molecule has 0 bridgehead atoms. The maximum absolute atomic E-state index is 14.0. The summed E-state index contributed by atoms with van der Waals surface area (Å²) in [4.78, 5) is 15.3. The van der Waals surface area contributed by atoms with Gasteiger partial charge in [-0.15, -0.1) is 0 Å². The summed E-state index contributed by atoms with van der Waals surface area (Å²) in [5.74, 6) is -0.516. The first-order valence-electron chi connectivity index (χ1n) is 7.87. The molecule has 0 fully saturated rings. The summed E-state index contributed by atoms with van der Waals surface area (Å²) in [6.45, 7) is 4.28. The van der Waals surface area contributed by atoms with Crippen LogP contribution in [-0.4, -0.2) is 17.4 Å². The number of fused-ring (bicyclic) bond motifs is 1. The number of rotatable bonds is 4. The SMILES string of the molecule is Cc1[nH]c2c(F)ccc(C)c2c1CCNC(=O)c1cc(Cl)cc(Cl)c1. The van der Waals surface area contributed by atoms with Gasteiger partial charge in [0.1, 0.15) is 5.82 Å². The van der Waals surface area contributed by atoms with E-state index >= 15 is 0 Å². The molecule has 0 atom stereocenters. The molecule has 0 aliphatic heterocycles. The van der Waals surface area contributed by atoms with Crippen LogP contribution in [0, 0.1) is 19.7 Å². The summed E-state index contributed by atoms with van der Waals surface area (Å²) in [5.41, 5.74) is 3.85. The highest BCUT2D eigenvalue weighted by Crippen LogP contribution is 2.28. The molecule has 2 aromatic carbocycles. The van der Waals surface area contributed by atoms with E-state index in [-0.39, 0.29) is 11.7 Å². The first-order valence-corrected chi connectivity index (χ1v) is 8.63. The predicted molar refractivity (Wildman–Crippen MR) is 100 cm³/mol. The minimum Gasteiger partial charge on any atom is -0.356 e. The normalized spacial score (nSPS) is 11.1. The molecule has 6 heteroatoms. The molecular formula is C19H17Cl2FN2O. The minimum atomic E-state index is -0.271. The zero-order chi connectivity index (χ0) is 18.1. The Morgan fingerprint density at radius 1 is 1.16 bits per heavy atom. The highest BCUT2D eigenvalue weighted by molar-refractivity contribution is 6.35. The van der Waals surface area contributed by atoms with Crippen LogP contribution in [-0.2, 0) is 6.42 Å². The third-order valence-electron chi connectivity index (χ3n) is 4.22. The Balaban J connectivity index is 1.76. The van der Waals surface area contributed by atoms with Crippen molar-refractivity contribution in [1.29, 1.82) is 0 Å². The molecule has 0 saturated carbocycles. The molecule has 1 heterocycles. The second kappa shape index (κ2) is 7.06. The number of H-pyrrole nitrogens is 1. The Hall–Kier alpha value is -2.04. The summed E-state index contributed by atoms with van der Waals surface area (Å²) < 4.78 is 14.0. The third kappa shape index (κ3) is 3.65. The number of hydrogen-bond acceptors (Lipinski definition) is 1. The number of nitrogens with one attached hydrogen (secondary N) is 2. The van der Waals surface area contributed by atoms with Crippen molar-refractivity contribution >= 4 is 40.0 Å². The molecule has 2 N–H and O–H groups in total. The van der Waals surface area contributed by atoms with E-state index in [4.69, 9.17) is 23.2 Å². The van der Waals surface area contributed by atoms with Gasteiger partial charge < -0.3 is 10.3 Å². The van der Waals surface area contributed by atoms with E-state index in [1.807, 2.05) is 13.8 Å². The largest absolute Gasteiger partial charge is 0.356 e. The van der Waals surface area contributed by atoms with Crippen LogP contribution in [0.3, 0.4) is 0 Å². The van der Waals surface area contributed by atoms with Gasteiger partial charge in [-0.1, -0.05) is 29.3 Å². The Bertz CT molecular complexity index is 945. The van der Waals surface area contributed by atoms with Crippen LogP contribution in [0.1, 0.15) is 27.2 Å². The molecule has 0 unspecified atom stereocenters. The van der Waals surface area contributed by atoms with Gasteiger partial charge in [0, 0.05) is 33.2 Å². The van der Waals surface area contributed by atoms with Crippen LogP contribution in [0.5, 0.6) is 0 Å². The maximum Gasteiger partial charge on any atom is 0.251 e. The lowest BCUT2D eigenvalue weighted by Gasteiger charge is -2.08. The molecule has 130 valence electrons. The lowest BCUT2D eigenvalue weighted by atomic mass is 10.0. The van der Waals surface area contributed by atoms with Crippen molar-refractivity contribution in [1.82, 2.24) is 10.3 Å². The monoisotopic (exact) mass is 378 g/mol. The van der Waals surface area contributed by atoms with E-state index in [0.717, 1.165) is 22.2 Å². The van der Waals surface area contributed by atoms with Crippen molar-refractivity contribution in [2.24, 2.45) is 0 Å². The van der Waals surface area contributed by atoms with Gasteiger partial charge in [0.25, 0.3) is 5.91 Å². The summed E-state index contributed by atoms with van der Waals surface area (Å²) >= 11 is 11.8. The topological polar surface area (TPSA) is 44.9 Å². The van der Waals surface area contributed by atoms with Gasteiger partial charge in [0.05, 0.1) is 5.52 Å². The molecule has 1 aromatic heterocycles. The fraction of sp³-hybridized carbons (Fsp3) is 0.211. The zero-order valence-corrected chi connectivity index (χ0v) is 15.4. The molecular weight excluding hydrogens is 362 g/mol. The number of aromatic nitrogens is 1. The summed E-state index contributed by atoms with van der Waals surface area (Å²) in [5, 5.41) is 4.57. The van der Waals surface area contributed by atoms with Crippen LogP contribution in [0.25, 0.3) is 10.9 Å². The van der Waals surface area contributed by atoms with Gasteiger partial charge in [-0.3, -0.25) is 4.79 Å². The predicted octanol–water partition coefficient (Wildman–Crippen LogP) is 5.20. The Morgan fingerprint density at radius 2 is 1.84 bits per heavy atom. The molecule has 3 rings (SSSR count). The number of hydrogen-bond donors (Lipinski definition) is 2. The van der Waals surface area contributed by atoms with Crippen molar-refractivity contribution in [3.8, 4) is 0 Å². The Kier molecular flexibility index (Phi) is 5.02. The van der Waals surface area contributed by atoms with Crippen LogP contribution < -0.4 is 5.32 Å². The maximum atomic E-state index is 14.0. The van der Waals surface area contributed by atoms with Crippen LogP contribution >= 0.6 is 23.2 Å². The number of benzene rings is 2. The second-order valence-corrected chi connectivity index (χ2v) is 6.88. The lowest BCUT2D eigenvalue weighted by molar-refractivity contribution is 0.0954. The molecule has 0 aliphatic rings. The standard InChI is InChI=1S/C19H17Cl2FN2O/c1-10-3-4-16(22)18-17(10)15(11(2)24-18)5-6-23-19(25)12-7-13(20)9-14(21)8-12/h3-4,7-9,24H,5-6H2,1-2H3,(H,23,25). The van der Waals surface area contributed by atoms with Crippen molar-refractivity contribution in [2.45, 2.75) is 20.3 Å². The molecule has 0 radical (unpaired) electrons. The summed E-state index contributed by atoms with van der Waals surface area (Å²) in [6.07, 6.45) is 0.593. The van der Waals surface area contributed by atoms with Crippen molar-refractivity contribution in [3.63, 3.8) is 0 Å². The quantitative estimate of drug-likeness (QED) is 0.643. The fourth-order valence-electron chi connectivity index (χ4n) is 3.04. The molecule has 1 amide bonds. The van der Waals surface area contributed by atoms with Gasteiger partial charge in [0.2, 0.25) is 0 Å². The van der Waals surface area contributed by atoms with E-state index in [2.05, 4.69) is 10.3 Å². The van der Waals surface area contributed by atoms with E-state index in [1.54, 1.807) is 24.3 Å². The van der Waals surface area contributed by atoms with Gasteiger partial charge >= 0.3 is 0 Å². The summed E-state index contributed by atoms with van der Waals surface area (Å²) in [6, 6.07) is 7.94. The van der Waals surface area contributed by atoms with E-state index in [0.29, 0.717) is 34.1 Å². The molecule has 0 saturated heterocycles. The number of aryl methyl sites for hydroxylation is 2. The van der Waals surface area contributed by atoms with Crippen LogP contribution in [0.4, 0.5) is 4.39 Å². The lowest BCUT2D eigenvalue weighted by Crippen LogP contribution is -2.25. The fourth-order valence-corrected chi connectivity index (χ4v) is 3.57. The highest BCUT2D eigenvalue weighted by atomic mass is 35.5. The van der Waals surface area contributed by atoms with Crippen LogP contribution in [0.2, 0.25) is 10.0 Å². The van der Waals surface area contributed by atoms with Gasteiger partial charge in [0.15, 0.2) is 0 Å². The molecule has 3 nitrogen and oxygen atoms in total. The first kappa shape index (κ1) is 17.8. The van der Waals surface area contributed by atoms with Crippen LogP contribution in [0.15, 0.2) is 30.3 Å². The zero-order valence-electron chi connectivity index (χ0n) is 13.8. The first-order chi connectivity index (χ1) is 11.9. The average Bonchev–Trinajstić information content (AvgIpc) is 2.88. The van der Waals surface area contributed by atoms with E-state index in [9.17, 15) is 9.18 Å². The number of carbonyl (C=O) groups excluding carboxylic acids is 1. The smallest absolute Gasteiger partial charge is 0.251 e. The van der Waals surface area contributed by atoms with Gasteiger partial charge in [-0.05, 0) is 55.7 Å². The molecule has 25 heavy (non-hydrogen) atoms. The molecule has 0 spiro atoms. The van der Waals surface area contributed by atoms with Crippen molar-refractivity contribution < 1.29 is 9.18 Å². The number of aromatic amines is 1. The highest BCUT2D eigenvalue weighted by Gasteiger charge is 2.14.